The van der Waals surface area contributed by atoms with Crippen molar-refractivity contribution in [1.29, 1.82) is 0 Å². The summed E-state index contributed by atoms with van der Waals surface area (Å²) in [6.45, 7) is 0.342. The Kier molecular flexibility index (Phi) is 4.98. The number of hydrogen-bond acceptors (Lipinski definition) is 4. The van der Waals surface area contributed by atoms with Crippen molar-refractivity contribution in [2.75, 3.05) is 0 Å². The zero-order valence-corrected chi connectivity index (χ0v) is 15.6. The molecule has 0 radical (unpaired) electrons. The zero-order valence-electron chi connectivity index (χ0n) is 14.9. The molecule has 2 heterocycles. The van der Waals surface area contributed by atoms with E-state index in [1.165, 1.54) is 16.7 Å². The van der Waals surface area contributed by atoms with E-state index in [0.29, 0.717) is 24.5 Å². The number of nitrogens with zero attached hydrogens (tertiary/aromatic N) is 2. The van der Waals surface area contributed by atoms with Gasteiger partial charge >= 0.3 is 5.76 Å². The smallest absolute Gasteiger partial charge is 0.408 e. The zero-order chi connectivity index (χ0) is 20.5. The number of halogens is 3. The molecule has 0 fully saturated rings. The van der Waals surface area contributed by atoms with E-state index in [9.17, 15) is 18.4 Å². The first kappa shape index (κ1) is 19.0. The van der Waals surface area contributed by atoms with Crippen LogP contribution in [-0.2, 0) is 13.0 Å². The van der Waals surface area contributed by atoms with E-state index in [1.54, 1.807) is 12.4 Å². The Morgan fingerprint density at radius 2 is 1.76 bits per heavy atom. The molecular formula is C21H13ClF2N2O3. The van der Waals surface area contributed by atoms with Gasteiger partial charge in [0.2, 0.25) is 0 Å². The van der Waals surface area contributed by atoms with Gasteiger partial charge in [0.05, 0.1) is 10.5 Å². The summed E-state index contributed by atoms with van der Waals surface area (Å²) in [5, 5.41) is 0.0469. The molecule has 29 heavy (non-hydrogen) atoms. The summed E-state index contributed by atoms with van der Waals surface area (Å²) in [6, 6.07) is 8.95. The highest BCUT2D eigenvalue weighted by Gasteiger charge is 2.19. The Labute approximate surface area is 168 Å². The normalized spacial score (nSPS) is 11.1. The molecule has 0 unspecified atom stereocenters. The summed E-state index contributed by atoms with van der Waals surface area (Å²) < 4.78 is 33.6. The Hall–Kier alpha value is -3.32. The quantitative estimate of drug-likeness (QED) is 0.454. The number of aryl methyl sites for hydroxylation is 2. The molecule has 4 aromatic rings. The molecule has 0 bridgehead atoms. The van der Waals surface area contributed by atoms with Gasteiger partial charge in [0.1, 0.15) is 11.6 Å². The summed E-state index contributed by atoms with van der Waals surface area (Å²) in [6.07, 6.45) is 3.89. The number of hydrogen-bond donors (Lipinski definition) is 0. The maximum Gasteiger partial charge on any atom is 0.419 e. The lowest BCUT2D eigenvalue weighted by atomic mass is 10.0. The molecule has 0 aliphatic carbocycles. The number of oxazole rings is 1. The Morgan fingerprint density at radius 3 is 2.45 bits per heavy atom. The average Bonchev–Trinajstić information content (AvgIpc) is 2.99. The third kappa shape index (κ3) is 3.82. The lowest BCUT2D eigenvalue weighted by molar-refractivity contribution is 0.103. The highest BCUT2D eigenvalue weighted by atomic mass is 35.5. The van der Waals surface area contributed by atoms with Gasteiger partial charge in [-0.15, -0.1) is 0 Å². The minimum atomic E-state index is -0.876. The molecule has 146 valence electrons. The lowest BCUT2D eigenvalue weighted by Gasteiger charge is -2.06. The second-order valence-corrected chi connectivity index (χ2v) is 6.82. The minimum Gasteiger partial charge on any atom is -0.408 e. The van der Waals surface area contributed by atoms with Crippen molar-refractivity contribution in [1.82, 2.24) is 9.55 Å². The summed E-state index contributed by atoms with van der Waals surface area (Å²) >= 11 is 6.25. The van der Waals surface area contributed by atoms with E-state index in [-0.39, 0.29) is 21.7 Å². The van der Waals surface area contributed by atoms with Gasteiger partial charge in [-0.2, -0.15) is 0 Å². The van der Waals surface area contributed by atoms with Crippen LogP contribution in [0.5, 0.6) is 0 Å². The van der Waals surface area contributed by atoms with Crippen LogP contribution in [0.15, 0.2) is 64.1 Å². The Balaban J connectivity index is 1.71. The lowest BCUT2D eigenvalue weighted by Crippen LogP contribution is -2.15. The van der Waals surface area contributed by atoms with E-state index in [1.807, 2.05) is 12.1 Å². The standard InChI is InChI=1S/C21H13ClF2N2O3/c22-17-11-18-19(10-16(17)20(27)13-7-14(23)9-15(24)8-13)29-21(28)26(18)6-3-12-1-4-25-5-2-12/h1-2,4-5,7-11H,3,6H2. The number of pyridine rings is 1. The van der Waals surface area contributed by atoms with E-state index in [2.05, 4.69) is 4.98 Å². The number of fused-ring (bicyclic) bond motifs is 1. The van der Waals surface area contributed by atoms with Gasteiger partial charge in [-0.1, -0.05) is 11.6 Å². The highest BCUT2D eigenvalue weighted by molar-refractivity contribution is 6.35. The third-order valence-corrected chi connectivity index (χ3v) is 4.81. The van der Waals surface area contributed by atoms with Crippen LogP contribution >= 0.6 is 11.6 Å². The molecule has 2 aromatic carbocycles. The van der Waals surface area contributed by atoms with Crippen LogP contribution < -0.4 is 5.76 Å². The fraction of sp³-hybridized carbons (Fsp3) is 0.0952. The second-order valence-electron chi connectivity index (χ2n) is 6.41. The molecular weight excluding hydrogens is 402 g/mol. The summed E-state index contributed by atoms with van der Waals surface area (Å²) in [5.41, 5.74) is 1.38. The van der Waals surface area contributed by atoms with Crippen LogP contribution in [0, 0.1) is 11.6 Å². The van der Waals surface area contributed by atoms with Gasteiger partial charge in [0.25, 0.3) is 0 Å². The van der Waals surface area contributed by atoms with Gasteiger partial charge < -0.3 is 4.42 Å². The molecule has 4 rings (SSSR count). The van der Waals surface area contributed by atoms with Crippen LogP contribution in [0.4, 0.5) is 8.78 Å². The van der Waals surface area contributed by atoms with Crippen molar-refractivity contribution in [2.24, 2.45) is 0 Å². The van der Waals surface area contributed by atoms with Crippen LogP contribution in [0.2, 0.25) is 5.02 Å². The molecule has 0 N–H and O–H groups in total. The summed E-state index contributed by atoms with van der Waals surface area (Å²) in [4.78, 5) is 28.9. The van der Waals surface area contributed by atoms with Crippen LogP contribution in [0.25, 0.3) is 11.1 Å². The Morgan fingerprint density at radius 1 is 1.07 bits per heavy atom. The number of carbonyl (C=O) groups is 1. The van der Waals surface area contributed by atoms with Gasteiger partial charge in [-0.25, -0.2) is 13.6 Å². The first-order valence-electron chi connectivity index (χ1n) is 8.65. The predicted octanol–water partition coefficient (Wildman–Crippen LogP) is 4.39. The van der Waals surface area contributed by atoms with Crippen molar-refractivity contribution in [3.63, 3.8) is 0 Å². The summed E-state index contributed by atoms with van der Waals surface area (Å²) in [5.74, 6) is -3.02. The SMILES string of the molecule is O=C(c1cc(F)cc(F)c1)c1cc2oc(=O)n(CCc3ccncc3)c2cc1Cl. The fourth-order valence-corrected chi connectivity index (χ4v) is 3.34. The number of ketones is 1. The maximum atomic E-state index is 13.4. The average molecular weight is 415 g/mol. The monoisotopic (exact) mass is 414 g/mol. The van der Waals surface area contributed by atoms with E-state index < -0.39 is 23.2 Å². The molecule has 0 saturated heterocycles. The molecule has 0 atom stereocenters. The van der Waals surface area contributed by atoms with Crippen molar-refractivity contribution >= 4 is 28.5 Å². The summed E-state index contributed by atoms with van der Waals surface area (Å²) in [7, 11) is 0. The number of benzene rings is 2. The van der Waals surface area contributed by atoms with Crippen molar-refractivity contribution in [2.45, 2.75) is 13.0 Å². The van der Waals surface area contributed by atoms with Crippen molar-refractivity contribution in [3.8, 4) is 0 Å². The Bertz CT molecular complexity index is 1260. The van der Waals surface area contributed by atoms with Gasteiger partial charge in [0.15, 0.2) is 11.4 Å². The van der Waals surface area contributed by atoms with E-state index >= 15 is 0 Å². The fourth-order valence-electron chi connectivity index (χ4n) is 3.10. The van der Waals surface area contributed by atoms with Crippen LogP contribution in [-0.4, -0.2) is 15.3 Å². The van der Waals surface area contributed by atoms with E-state index in [0.717, 1.165) is 17.7 Å². The molecule has 0 spiro atoms. The largest absolute Gasteiger partial charge is 0.419 e. The molecule has 0 aliphatic rings. The number of rotatable bonds is 5. The predicted molar refractivity (Wildman–Crippen MR) is 103 cm³/mol. The molecule has 0 saturated carbocycles. The van der Waals surface area contributed by atoms with Gasteiger partial charge in [0, 0.05) is 36.1 Å². The third-order valence-electron chi connectivity index (χ3n) is 4.50. The molecule has 2 aromatic heterocycles. The van der Waals surface area contributed by atoms with Crippen LogP contribution in [0.3, 0.4) is 0 Å². The molecule has 0 aliphatic heterocycles. The molecule has 0 amide bonds. The molecule has 5 nitrogen and oxygen atoms in total. The van der Waals surface area contributed by atoms with Crippen molar-refractivity contribution in [3.05, 3.63) is 98.8 Å². The highest BCUT2D eigenvalue weighted by Crippen LogP contribution is 2.26. The maximum absolute atomic E-state index is 13.4. The second kappa shape index (κ2) is 7.60. The number of carbonyl (C=O) groups excluding carboxylic acids is 1. The minimum absolute atomic E-state index is 0.0146. The first-order valence-corrected chi connectivity index (χ1v) is 9.03. The van der Waals surface area contributed by atoms with Crippen LogP contribution in [0.1, 0.15) is 21.5 Å². The van der Waals surface area contributed by atoms with Gasteiger partial charge in [-0.05, 0) is 48.4 Å². The van der Waals surface area contributed by atoms with E-state index in [4.69, 9.17) is 16.0 Å². The van der Waals surface area contributed by atoms with Gasteiger partial charge in [-0.3, -0.25) is 14.3 Å². The number of aromatic nitrogens is 2. The topological polar surface area (TPSA) is 65.1 Å². The molecule has 8 heteroatoms. The van der Waals surface area contributed by atoms with Crippen molar-refractivity contribution < 1.29 is 18.0 Å². The first-order chi connectivity index (χ1) is 13.9.